The molecule has 0 saturated heterocycles. The Morgan fingerprint density at radius 3 is 3.00 bits per heavy atom. The molecule has 2 aromatic heterocycles. The number of hydrogen-bond donors (Lipinski definition) is 1. The summed E-state index contributed by atoms with van der Waals surface area (Å²) in [5.41, 5.74) is 0.768. The molecule has 2 heterocycles. The van der Waals surface area contributed by atoms with Crippen molar-refractivity contribution in [2.24, 2.45) is 5.10 Å². The number of nitrogens with zero attached hydrogens (tertiary/aromatic N) is 3. The predicted octanol–water partition coefficient (Wildman–Crippen LogP) is 4.54. The van der Waals surface area contributed by atoms with E-state index in [0.29, 0.717) is 34.3 Å². The van der Waals surface area contributed by atoms with E-state index in [9.17, 15) is 0 Å². The van der Waals surface area contributed by atoms with Gasteiger partial charge in [0.25, 0.3) is 0 Å². The lowest BCUT2D eigenvalue weighted by Gasteiger charge is -2.11. The third-order valence-electron chi connectivity index (χ3n) is 3.49. The molecule has 9 heteroatoms. The van der Waals surface area contributed by atoms with Crippen LogP contribution >= 0.6 is 35.2 Å². The van der Waals surface area contributed by atoms with Crippen molar-refractivity contribution in [3.8, 4) is 11.5 Å². The van der Waals surface area contributed by atoms with Crippen LogP contribution in [0.3, 0.4) is 0 Å². The summed E-state index contributed by atoms with van der Waals surface area (Å²) in [7, 11) is 1.55. The number of methoxy groups -OCH3 is 1. The van der Waals surface area contributed by atoms with Crippen LogP contribution in [-0.4, -0.2) is 34.8 Å². The summed E-state index contributed by atoms with van der Waals surface area (Å²) in [5, 5.41) is 14.0. The molecule has 3 aromatic rings. The molecule has 0 aliphatic heterocycles. The molecular formula is C17H17ClN4O2S2. The second-order valence-corrected chi connectivity index (χ2v) is 7.05. The molecule has 1 N–H and O–H groups in total. The summed E-state index contributed by atoms with van der Waals surface area (Å²) in [6.45, 7) is 2.40. The van der Waals surface area contributed by atoms with Gasteiger partial charge in [-0.05, 0) is 48.3 Å². The molecule has 0 spiro atoms. The van der Waals surface area contributed by atoms with E-state index >= 15 is 0 Å². The Bertz CT molecular complexity index is 964. The van der Waals surface area contributed by atoms with Gasteiger partial charge in [-0.3, -0.25) is 5.10 Å². The van der Waals surface area contributed by atoms with Crippen LogP contribution in [0.1, 0.15) is 23.2 Å². The second-order valence-electron chi connectivity index (χ2n) is 5.22. The van der Waals surface area contributed by atoms with Gasteiger partial charge in [-0.1, -0.05) is 17.7 Å². The monoisotopic (exact) mass is 408 g/mol. The van der Waals surface area contributed by atoms with Crippen molar-refractivity contribution in [1.29, 1.82) is 0 Å². The zero-order valence-corrected chi connectivity index (χ0v) is 16.6. The number of benzene rings is 1. The van der Waals surface area contributed by atoms with Crippen molar-refractivity contribution in [2.45, 2.75) is 13.3 Å². The Hall–Kier alpha value is -2.16. The van der Waals surface area contributed by atoms with Crippen LogP contribution in [0.25, 0.3) is 0 Å². The standard InChI is InChI=1S/C17H17ClN4O2S2/c1-3-24-14-8-11(7-13(18)16(14)23-2)10-19-22-15(20-21-17(22)25)9-12-5-4-6-26-12/h4-8,10H,3,9H2,1-2H3,(H,21,25)/b19-10-. The van der Waals surface area contributed by atoms with Crippen molar-refractivity contribution in [2.75, 3.05) is 13.7 Å². The Kier molecular flexibility index (Phi) is 6.08. The quantitative estimate of drug-likeness (QED) is 0.460. The number of nitrogens with one attached hydrogen (secondary N) is 1. The summed E-state index contributed by atoms with van der Waals surface area (Å²) < 4.78 is 12.9. The Morgan fingerprint density at radius 1 is 1.46 bits per heavy atom. The number of halogens is 1. The highest BCUT2D eigenvalue weighted by atomic mass is 35.5. The Balaban J connectivity index is 1.91. The molecule has 0 radical (unpaired) electrons. The molecular weight excluding hydrogens is 392 g/mol. The van der Waals surface area contributed by atoms with Crippen LogP contribution in [0.5, 0.6) is 11.5 Å². The fraction of sp³-hybridized carbons (Fsp3) is 0.235. The maximum atomic E-state index is 6.28. The molecule has 1 aromatic carbocycles. The van der Waals surface area contributed by atoms with E-state index in [2.05, 4.69) is 15.3 Å². The van der Waals surface area contributed by atoms with Crippen LogP contribution < -0.4 is 9.47 Å². The summed E-state index contributed by atoms with van der Waals surface area (Å²) in [4.78, 5) is 1.18. The maximum Gasteiger partial charge on any atom is 0.216 e. The van der Waals surface area contributed by atoms with Crippen molar-refractivity contribution in [3.05, 3.63) is 55.7 Å². The molecule has 0 aliphatic carbocycles. The average Bonchev–Trinajstić information content (AvgIpc) is 3.24. The summed E-state index contributed by atoms with van der Waals surface area (Å²) in [6, 6.07) is 7.63. The fourth-order valence-electron chi connectivity index (χ4n) is 2.37. The molecule has 26 heavy (non-hydrogen) atoms. The molecule has 0 saturated carbocycles. The smallest absolute Gasteiger partial charge is 0.216 e. The molecule has 0 fully saturated rings. The van der Waals surface area contributed by atoms with Gasteiger partial charge in [-0.25, -0.2) is 0 Å². The molecule has 3 rings (SSSR count). The molecule has 0 unspecified atom stereocenters. The summed E-state index contributed by atoms with van der Waals surface area (Å²) in [6.07, 6.45) is 2.31. The first-order valence-corrected chi connectivity index (χ1v) is 9.52. The average molecular weight is 409 g/mol. The van der Waals surface area contributed by atoms with Crippen LogP contribution in [-0.2, 0) is 6.42 Å². The van der Waals surface area contributed by atoms with E-state index < -0.39 is 0 Å². The van der Waals surface area contributed by atoms with Gasteiger partial charge in [0, 0.05) is 11.3 Å². The lowest BCUT2D eigenvalue weighted by Crippen LogP contribution is -2.00. The SMILES string of the molecule is CCOc1cc(/C=N\n2c(Cc3cccs3)n[nH]c2=S)cc(Cl)c1OC. The largest absolute Gasteiger partial charge is 0.491 e. The second kappa shape index (κ2) is 8.48. The van der Waals surface area contributed by atoms with Gasteiger partial charge in [-0.2, -0.15) is 14.9 Å². The van der Waals surface area contributed by atoms with E-state index in [1.807, 2.05) is 30.5 Å². The van der Waals surface area contributed by atoms with Gasteiger partial charge in [0.2, 0.25) is 4.77 Å². The van der Waals surface area contributed by atoms with E-state index in [1.165, 1.54) is 4.88 Å². The molecule has 0 amide bonds. The van der Waals surface area contributed by atoms with Crippen LogP contribution in [0.15, 0.2) is 34.7 Å². The third-order valence-corrected chi connectivity index (χ3v) is 4.91. The lowest BCUT2D eigenvalue weighted by atomic mass is 10.2. The van der Waals surface area contributed by atoms with Crippen LogP contribution in [0.2, 0.25) is 5.02 Å². The number of aromatic nitrogens is 3. The maximum absolute atomic E-state index is 6.28. The number of aromatic amines is 1. The zero-order chi connectivity index (χ0) is 18.5. The van der Waals surface area contributed by atoms with E-state index in [4.69, 9.17) is 33.3 Å². The van der Waals surface area contributed by atoms with E-state index in [0.717, 1.165) is 11.4 Å². The highest BCUT2D eigenvalue weighted by molar-refractivity contribution is 7.71. The normalized spacial score (nSPS) is 11.2. The van der Waals surface area contributed by atoms with Gasteiger partial charge < -0.3 is 9.47 Å². The van der Waals surface area contributed by atoms with Gasteiger partial charge >= 0.3 is 0 Å². The van der Waals surface area contributed by atoms with E-state index in [1.54, 1.807) is 35.4 Å². The van der Waals surface area contributed by atoms with Crippen molar-refractivity contribution in [1.82, 2.24) is 14.9 Å². The molecule has 0 aliphatic rings. The Labute approximate surface area is 165 Å². The molecule has 136 valence electrons. The van der Waals surface area contributed by atoms with Crippen molar-refractivity contribution < 1.29 is 9.47 Å². The zero-order valence-electron chi connectivity index (χ0n) is 14.2. The first-order valence-electron chi connectivity index (χ1n) is 7.85. The van der Waals surface area contributed by atoms with Gasteiger partial charge in [0.15, 0.2) is 17.3 Å². The molecule has 6 nitrogen and oxygen atoms in total. The molecule has 0 bridgehead atoms. The Morgan fingerprint density at radius 2 is 2.31 bits per heavy atom. The summed E-state index contributed by atoms with van der Waals surface area (Å²) >= 11 is 13.2. The fourth-order valence-corrected chi connectivity index (χ4v) is 3.57. The summed E-state index contributed by atoms with van der Waals surface area (Å²) in [5.74, 6) is 1.81. The number of rotatable bonds is 7. The number of ether oxygens (including phenoxy) is 2. The van der Waals surface area contributed by atoms with Gasteiger partial charge in [0.1, 0.15) is 0 Å². The minimum absolute atomic E-state index is 0.428. The number of H-pyrrole nitrogens is 1. The van der Waals surface area contributed by atoms with Gasteiger partial charge in [-0.15, -0.1) is 11.3 Å². The predicted molar refractivity (Wildman–Crippen MR) is 107 cm³/mol. The van der Waals surface area contributed by atoms with Gasteiger partial charge in [0.05, 0.1) is 25.0 Å². The third kappa shape index (κ3) is 4.14. The van der Waals surface area contributed by atoms with E-state index in [-0.39, 0.29) is 0 Å². The number of hydrogen-bond acceptors (Lipinski definition) is 6. The van der Waals surface area contributed by atoms with Crippen LogP contribution in [0, 0.1) is 4.77 Å². The minimum Gasteiger partial charge on any atom is -0.491 e. The first kappa shape index (κ1) is 18.6. The highest BCUT2D eigenvalue weighted by Gasteiger charge is 2.11. The molecule has 0 atom stereocenters. The first-order chi connectivity index (χ1) is 12.6. The van der Waals surface area contributed by atoms with Crippen molar-refractivity contribution >= 4 is 41.4 Å². The van der Waals surface area contributed by atoms with Crippen molar-refractivity contribution in [3.63, 3.8) is 0 Å². The van der Waals surface area contributed by atoms with Crippen LogP contribution in [0.4, 0.5) is 0 Å². The number of thiophene rings is 1. The topological polar surface area (TPSA) is 64.4 Å². The lowest BCUT2D eigenvalue weighted by molar-refractivity contribution is 0.311. The highest BCUT2D eigenvalue weighted by Crippen LogP contribution is 2.35. The minimum atomic E-state index is 0.428.